The van der Waals surface area contributed by atoms with E-state index in [9.17, 15) is 18.6 Å². The van der Waals surface area contributed by atoms with Gasteiger partial charge in [-0.05, 0) is 46.1 Å². The van der Waals surface area contributed by atoms with Crippen molar-refractivity contribution in [3.63, 3.8) is 0 Å². The van der Waals surface area contributed by atoms with Crippen LogP contribution in [-0.2, 0) is 16.3 Å². The van der Waals surface area contributed by atoms with E-state index in [1.54, 1.807) is 12.1 Å². The average molecular weight is 387 g/mol. The summed E-state index contributed by atoms with van der Waals surface area (Å²) >= 11 is 3.19. The highest BCUT2D eigenvalue weighted by molar-refractivity contribution is 9.10. The van der Waals surface area contributed by atoms with E-state index < -0.39 is 9.84 Å². The molecule has 118 valence electrons. The van der Waals surface area contributed by atoms with Crippen LogP contribution in [0.3, 0.4) is 0 Å². The van der Waals surface area contributed by atoms with Gasteiger partial charge in [-0.15, -0.1) is 0 Å². The fourth-order valence-electron chi connectivity index (χ4n) is 1.95. The minimum Gasteiger partial charge on any atom is -0.508 e. The molecule has 2 N–H and O–H groups in total. The van der Waals surface area contributed by atoms with E-state index in [-0.39, 0.29) is 27.9 Å². The van der Waals surface area contributed by atoms with Crippen LogP contribution in [0.4, 0.5) is 0 Å². The van der Waals surface area contributed by atoms with Gasteiger partial charge in [-0.3, -0.25) is 0 Å². The van der Waals surface area contributed by atoms with Crippen molar-refractivity contribution >= 4 is 25.8 Å². The molecule has 0 unspecified atom stereocenters. The van der Waals surface area contributed by atoms with Gasteiger partial charge in [0.25, 0.3) is 0 Å². The third-order valence-corrected chi connectivity index (χ3v) is 5.83. The van der Waals surface area contributed by atoms with Gasteiger partial charge in [-0.25, -0.2) is 8.42 Å². The number of rotatable bonds is 5. The molecule has 0 spiro atoms. The van der Waals surface area contributed by atoms with Gasteiger partial charge in [-0.2, -0.15) is 0 Å². The molecule has 0 saturated carbocycles. The number of sulfone groups is 1. The average Bonchev–Trinajstić information content (AvgIpc) is 2.48. The Kier molecular flexibility index (Phi) is 4.97. The SMILES string of the molecule is COc1cc(Br)c(S(=O)(=O)CCc2ccc(O)cc2)cc1O. The lowest BCUT2D eigenvalue weighted by molar-refractivity contribution is 0.372. The normalized spacial score (nSPS) is 11.4. The Morgan fingerprint density at radius 3 is 2.36 bits per heavy atom. The van der Waals surface area contributed by atoms with Gasteiger partial charge < -0.3 is 14.9 Å². The maximum Gasteiger partial charge on any atom is 0.179 e. The molecule has 2 aromatic carbocycles. The number of benzene rings is 2. The molecule has 5 nitrogen and oxygen atoms in total. The number of ether oxygens (including phenoxy) is 1. The summed E-state index contributed by atoms with van der Waals surface area (Å²) in [6.07, 6.45) is 0.307. The highest BCUT2D eigenvalue weighted by Gasteiger charge is 2.20. The molecule has 0 heterocycles. The Hall–Kier alpha value is -1.73. The Bertz CT molecular complexity index is 769. The predicted molar refractivity (Wildman–Crippen MR) is 86.2 cm³/mol. The highest BCUT2D eigenvalue weighted by Crippen LogP contribution is 2.35. The minimum absolute atomic E-state index is 0.0181. The van der Waals surface area contributed by atoms with Crippen molar-refractivity contribution in [1.29, 1.82) is 0 Å². The first-order valence-corrected chi connectivity index (χ1v) is 8.85. The highest BCUT2D eigenvalue weighted by atomic mass is 79.9. The molecular formula is C15H15BrO5S. The molecule has 0 aliphatic heterocycles. The predicted octanol–water partition coefficient (Wildman–Crippen LogP) is 2.89. The van der Waals surface area contributed by atoms with Crippen LogP contribution in [0.25, 0.3) is 0 Å². The zero-order valence-electron chi connectivity index (χ0n) is 11.8. The van der Waals surface area contributed by atoms with Crippen LogP contribution in [0.5, 0.6) is 17.2 Å². The zero-order valence-corrected chi connectivity index (χ0v) is 14.2. The van der Waals surface area contributed by atoms with Crippen molar-refractivity contribution in [1.82, 2.24) is 0 Å². The number of hydrogen-bond donors (Lipinski definition) is 2. The fraction of sp³-hybridized carbons (Fsp3) is 0.200. The molecular weight excluding hydrogens is 372 g/mol. The van der Waals surface area contributed by atoms with Crippen LogP contribution in [0.2, 0.25) is 0 Å². The quantitative estimate of drug-likeness (QED) is 0.824. The summed E-state index contributed by atoms with van der Waals surface area (Å²) in [6.45, 7) is 0. The number of phenols is 2. The zero-order chi connectivity index (χ0) is 16.3. The lowest BCUT2D eigenvalue weighted by Crippen LogP contribution is -2.10. The van der Waals surface area contributed by atoms with Crippen LogP contribution in [0.1, 0.15) is 5.56 Å². The van der Waals surface area contributed by atoms with Gasteiger partial charge in [-0.1, -0.05) is 12.1 Å². The van der Waals surface area contributed by atoms with Gasteiger partial charge in [0.15, 0.2) is 21.3 Å². The summed E-state index contributed by atoms with van der Waals surface area (Å²) in [5.74, 6) is -0.00464. The number of hydrogen-bond acceptors (Lipinski definition) is 5. The molecule has 22 heavy (non-hydrogen) atoms. The van der Waals surface area contributed by atoms with E-state index in [2.05, 4.69) is 15.9 Å². The second-order valence-corrected chi connectivity index (χ2v) is 7.62. The molecule has 7 heteroatoms. The summed E-state index contributed by atoms with van der Waals surface area (Å²) in [7, 11) is -2.18. The summed E-state index contributed by atoms with van der Waals surface area (Å²) in [4.78, 5) is 0.0181. The van der Waals surface area contributed by atoms with E-state index in [1.807, 2.05) is 0 Å². The van der Waals surface area contributed by atoms with Gasteiger partial charge in [0.1, 0.15) is 5.75 Å². The largest absolute Gasteiger partial charge is 0.508 e. The molecule has 2 aromatic rings. The van der Waals surface area contributed by atoms with E-state index >= 15 is 0 Å². The standard InChI is InChI=1S/C15H15BrO5S/c1-21-14-8-12(16)15(9-13(14)18)22(19,20)7-6-10-2-4-11(17)5-3-10/h2-5,8-9,17-18H,6-7H2,1H3. The third kappa shape index (κ3) is 3.72. The number of aryl methyl sites for hydroxylation is 1. The molecule has 0 aromatic heterocycles. The molecule has 2 rings (SSSR count). The van der Waals surface area contributed by atoms with Crippen molar-refractivity contribution in [2.24, 2.45) is 0 Å². The fourth-order valence-corrected chi connectivity index (χ4v) is 4.38. The Morgan fingerprint density at radius 1 is 1.14 bits per heavy atom. The first-order chi connectivity index (χ1) is 10.3. The monoisotopic (exact) mass is 386 g/mol. The second-order valence-electron chi connectivity index (χ2n) is 4.69. The van der Waals surface area contributed by atoms with E-state index in [4.69, 9.17) is 4.74 Å². The molecule has 0 aliphatic rings. The van der Waals surface area contributed by atoms with E-state index in [0.29, 0.717) is 10.9 Å². The van der Waals surface area contributed by atoms with Crippen molar-refractivity contribution in [3.05, 3.63) is 46.4 Å². The van der Waals surface area contributed by atoms with Gasteiger partial charge >= 0.3 is 0 Å². The van der Waals surface area contributed by atoms with Crippen LogP contribution in [-0.4, -0.2) is 31.5 Å². The van der Waals surface area contributed by atoms with Gasteiger partial charge in [0, 0.05) is 10.5 Å². The molecule has 0 amide bonds. The number of aromatic hydroxyl groups is 2. The molecule has 0 atom stereocenters. The topological polar surface area (TPSA) is 83.8 Å². The molecule has 0 bridgehead atoms. The summed E-state index contributed by atoms with van der Waals surface area (Å²) < 4.78 is 30.1. The van der Waals surface area contributed by atoms with Crippen molar-refractivity contribution in [3.8, 4) is 17.2 Å². The molecule has 0 radical (unpaired) electrons. The smallest absolute Gasteiger partial charge is 0.179 e. The lowest BCUT2D eigenvalue weighted by atomic mass is 10.2. The Labute approximate surface area is 137 Å². The maximum atomic E-state index is 12.4. The van der Waals surface area contributed by atoms with Crippen LogP contribution >= 0.6 is 15.9 Å². The summed E-state index contributed by atoms with van der Waals surface area (Å²) in [5.41, 5.74) is 0.801. The van der Waals surface area contributed by atoms with Crippen LogP contribution < -0.4 is 4.74 Å². The molecule has 0 saturated heterocycles. The van der Waals surface area contributed by atoms with Gasteiger partial charge in [0.05, 0.1) is 17.8 Å². The maximum absolute atomic E-state index is 12.4. The van der Waals surface area contributed by atoms with Crippen molar-refractivity contribution in [2.45, 2.75) is 11.3 Å². The van der Waals surface area contributed by atoms with Crippen molar-refractivity contribution < 1.29 is 23.4 Å². The minimum atomic E-state index is -3.57. The number of halogens is 1. The van der Waals surface area contributed by atoms with E-state index in [1.165, 1.54) is 31.4 Å². The van der Waals surface area contributed by atoms with Crippen molar-refractivity contribution in [2.75, 3.05) is 12.9 Å². The first kappa shape index (κ1) is 16.6. The Morgan fingerprint density at radius 2 is 1.77 bits per heavy atom. The second kappa shape index (κ2) is 6.58. The Balaban J connectivity index is 2.23. The summed E-state index contributed by atoms with van der Waals surface area (Å²) in [5, 5.41) is 19.0. The first-order valence-electron chi connectivity index (χ1n) is 6.40. The lowest BCUT2D eigenvalue weighted by Gasteiger charge is -2.10. The van der Waals surface area contributed by atoms with Crippen LogP contribution in [0.15, 0.2) is 45.8 Å². The molecule has 0 aliphatic carbocycles. The number of phenolic OH excluding ortho intramolecular Hbond substituents is 2. The van der Waals surface area contributed by atoms with Crippen LogP contribution in [0, 0.1) is 0 Å². The van der Waals surface area contributed by atoms with E-state index in [0.717, 1.165) is 5.56 Å². The third-order valence-electron chi connectivity index (χ3n) is 3.16. The molecule has 0 fully saturated rings. The van der Waals surface area contributed by atoms with Gasteiger partial charge in [0.2, 0.25) is 0 Å². The summed E-state index contributed by atoms with van der Waals surface area (Å²) in [6, 6.07) is 8.96. The number of methoxy groups -OCH3 is 1.